The van der Waals surface area contributed by atoms with E-state index in [1.807, 2.05) is 6.20 Å². The van der Waals surface area contributed by atoms with Gasteiger partial charge in [0.2, 0.25) is 0 Å². The van der Waals surface area contributed by atoms with Crippen LogP contribution in [0.25, 0.3) is 10.9 Å². The topological polar surface area (TPSA) is 60.2 Å². The molecule has 3 heterocycles. The number of carbonyl (C=O) groups is 1. The number of hydrogen-bond acceptors (Lipinski definition) is 2. The molecule has 162 valence electrons. The Hall–Kier alpha value is -2.86. The summed E-state index contributed by atoms with van der Waals surface area (Å²) in [6, 6.07) is 16.7. The van der Waals surface area contributed by atoms with Gasteiger partial charge in [0.25, 0.3) is 0 Å². The van der Waals surface area contributed by atoms with Crippen molar-refractivity contribution in [2.75, 3.05) is 6.54 Å². The molecule has 3 aromatic rings. The summed E-state index contributed by atoms with van der Waals surface area (Å²) in [6.45, 7) is 1.56. The first-order chi connectivity index (χ1) is 15.2. The Labute approximate surface area is 182 Å². The molecule has 2 unspecified atom stereocenters. The van der Waals surface area contributed by atoms with Gasteiger partial charge in [-0.2, -0.15) is 0 Å². The number of rotatable bonds is 6. The summed E-state index contributed by atoms with van der Waals surface area (Å²) in [5.41, 5.74) is 3.24. The molecule has 0 saturated carbocycles. The van der Waals surface area contributed by atoms with E-state index in [1.165, 1.54) is 30.5 Å². The minimum Gasteiger partial charge on any atom is -0.361 e. The molecule has 2 atom stereocenters. The first-order valence-electron chi connectivity index (χ1n) is 11.3. The van der Waals surface area contributed by atoms with Gasteiger partial charge in [0, 0.05) is 48.3 Å². The van der Waals surface area contributed by atoms with Crippen molar-refractivity contribution >= 4 is 16.9 Å². The maximum Gasteiger partial charge on any atom is 0.315 e. The molecule has 2 aromatic carbocycles. The largest absolute Gasteiger partial charge is 0.361 e. The van der Waals surface area contributed by atoms with Crippen LogP contribution >= 0.6 is 0 Å². The molecule has 2 saturated heterocycles. The fourth-order valence-corrected chi connectivity index (χ4v) is 5.36. The van der Waals surface area contributed by atoms with Crippen LogP contribution in [0, 0.1) is 5.82 Å². The van der Waals surface area contributed by atoms with Crippen LogP contribution < -0.4 is 10.6 Å². The van der Waals surface area contributed by atoms with E-state index >= 15 is 0 Å². The van der Waals surface area contributed by atoms with E-state index in [0.717, 1.165) is 35.9 Å². The highest BCUT2D eigenvalue weighted by atomic mass is 19.1. The quantitative estimate of drug-likeness (QED) is 0.555. The van der Waals surface area contributed by atoms with E-state index in [-0.39, 0.29) is 17.9 Å². The second-order valence-corrected chi connectivity index (χ2v) is 8.87. The van der Waals surface area contributed by atoms with Crippen LogP contribution in [0.1, 0.15) is 36.8 Å². The number of hydrogen-bond donors (Lipinski definition) is 3. The molecule has 31 heavy (non-hydrogen) atoms. The fourth-order valence-electron chi connectivity index (χ4n) is 5.36. The summed E-state index contributed by atoms with van der Waals surface area (Å²) in [5.74, 6) is -0.248. The summed E-state index contributed by atoms with van der Waals surface area (Å²) in [5, 5.41) is 7.19. The average molecular weight is 421 g/mol. The second kappa shape index (κ2) is 8.71. The summed E-state index contributed by atoms with van der Waals surface area (Å²) in [4.78, 5) is 18.2. The van der Waals surface area contributed by atoms with E-state index in [1.54, 1.807) is 6.07 Å². The number of benzene rings is 2. The third-order valence-electron chi connectivity index (χ3n) is 6.84. The van der Waals surface area contributed by atoms with E-state index in [2.05, 4.69) is 50.8 Å². The molecule has 0 radical (unpaired) electrons. The highest BCUT2D eigenvalue weighted by Crippen LogP contribution is 2.36. The maximum atomic E-state index is 13.3. The summed E-state index contributed by atoms with van der Waals surface area (Å²) in [6.07, 6.45) is 7.08. The number of urea groups is 1. The number of piperidine rings is 1. The van der Waals surface area contributed by atoms with E-state index in [4.69, 9.17) is 0 Å². The predicted molar refractivity (Wildman–Crippen MR) is 120 cm³/mol. The lowest BCUT2D eigenvalue weighted by molar-refractivity contribution is 0.111. The Morgan fingerprint density at radius 2 is 1.87 bits per heavy atom. The number of H-pyrrole nitrogens is 1. The van der Waals surface area contributed by atoms with Gasteiger partial charge in [-0.3, -0.25) is 4.90 Å². The minimum absolute atomic E-state index is 0.0909. The first-order valence-corrected chi connectivity index (χ1v) is 11.3. The molecule has 0 spiro atoms. The molecule has 1 aromatic heterocycles. The summed E-state index contributed by atoms with van der Waals surface area (Å²) < 4.78 is 13.3. The van der Waals surface area contributed by atoms with Crippen LogP contribution in [-0.2, 0) is 13.0 Å². The van der Waals surface area contributed by atoms with Gasteiger partial charge in [-0.15, -0.1) is 0 Å². The molecule has 0 aliphatic carbocycles. The highest BCUT2D eigenvalue weighted by Gasteiger charge is 2.40. The van der Waals surface area contributed by atoms with Crippen molar-refractivity contribution in [3.05, 3.63) is 71.7 Å². The monoisotopic (exact) mass is 420 g/mol. The number of fused-ring (bicyclic) bond motifs is 3. The smallest absolute Gasteiger partial charge is 0.315 e. The minimum atomic E-state index is -0.248. The van der Waals surface area contributed by atoms with Gasteiger partial charge in [0.15, 0.2) is 0 Å². The third kappa shape index (κ3) is 4.44. The van der Waals surface area contributed by atoms with Crippen LogP contribution in [0.15, 0.2) is 54.7 Å². The van der Waals surface area contributed by atoms with Crippen LogP contribution in [-0.4, -0.2) is 40.6 Å². The number of halogens is 1. The number of aromatic amines is 1. The average Bonchev–Trinajstić information content (AvgIpc) is 3.25. The molecule has 3 N–H and O–H groups in total. The van der Waals surface area contributed by atoms with E-state index in [0.29, 0.717) is 25.0 Å². The second-order valence-electron chi connectivity index (χ2n) is 8.87. The lowest BCUT2D eigenvalue weighted by Crippen LogP contribution is -2.52. The summed E-state index contributed by atoms with van der Waals surface area (Å²) in [7, 11) is 0. The lowest BCUT2D eigenvalue weighted by Gasteiger charge is -2.39. The number of amides is 2. The van der Waals surface area contributed by atoms with Gasteiger partial charge in [-0.25, -0.2) is 9.18 Å². The number of nitrogens with one attached hydrogen (secondary N) is 3. The Balaban J connectivity index is 1.10. The maximum absolute atomic E-state index is 13.3. The van der Waals surface area contributed by atoms with Gasteiger partial charge < -0.3 is 15.6 Å². The van der Waals surface area contributed by atoms with Crippen molar-refractivity contribution in [2.45, 2.75) is 56.8 Å². The zero-order chi connectivity index (χ0) is 21.2. The summed E-state index contributed by atoms with van der Waals surface area (Å²) >= 11 is 0. The van der Waals surface area contributed by atoms with Gasteiger partial charge >= 0.3 is 6.03 Å². The van der Waals surface area contributed by atoms with Gasteiger partial charge in [0.1, 0.15) is 5.82 Å². The molecule has 6 heteroatoms. The van der Waals surface area contributed by atoms with E-state index < -0.39 is 0 Å². The number of nitrogens with zero attached hydrogens (tertiary/aromatic N) is 1. The van der Waals surface area contributed by atoms with Gasteiger partial charge in [0.05, 0.1) is 0 Å². The molecule has 2 fully saturated rings. The molecule has 2 aliphatic rings. The van der Waals surface area contributed by atoms with Crippen LogP contribution in [0.4, 0.5) is 9.18 Å². The van der Waals surface area contributed by atoms with Crippen molar-refractivity contribution in [1.82, 2.24) is 20.5 Å². The molecular formula is C25H29FN4O. The van der Waals surface area contributed by atoms with Crippen molar-refractivity contribution in [3.63, 3.8) is 0 Å². The third-order valence-corrected chi connectivity index (χ3v) is 6.84. The Morgan fingerprint density at radius 3 is 2.65 bits per heavy atom. The molecule has 5 nitrogen and oxygen atoms in total. The Morgan fingerprint density at radius 1 is 1.10 bits per heavy atom. The van der Waals surface area contributed by atoms with Crippen LogP contribution in [0.5, 0.6) is 0 Å². The Kier molecular flexibility index (Phi) is 5.64. The number of carbonyl (C=O) groups excluding carboxylic acids is 1. The zero-order valence-electron chi connectivity index (χ0n) is 17.6. The molecule has 2 aliphatic heterocycles. The van der Waals surface area contributed by atoms with Crippen molar-refractivity contribution < 1.29 is 9.18 Å². The van der Waals surface area contributed by atoms with E-state index in [9.17, 15) is 9.18 Å². The normalized spacial score (nSPS) is 23.2. The highest BCUT2D eigenvalue weighted by molar-refractivity contribution is 5.83. The molecule has 2 bridgehead atoms. The van der Waals surface area contributed by atoms with Crippen molar-refractivity contribution in [3.8, 4) is 0 Å². The first kappa shape index (κ1) is 20.1. The standard InChI is InChI=1S/C25H29FN4O/c26-19-6-9-23-18(15-28-24(23)12-19)10-11-27-25(31)29-20-13-21-7-8-22(14-20)30(21)16-17-4-2-1-3-5-17/h1-6,9,12,15,20-22,28H,7-8,10-11,13-14,16H2,(H2,27,29,31). The Bertz CT molecular complexity index is 1040. The predicted octanol–water partition coefficient (Wildman–Crippen LogP) is 4.34. The van der Waals surface area contributed by atoms with Crippen molar-refractivity contribution in [1.29, 1.82) is 0 Å². The lowest BCUT2D eigenvalue weighted by atomic mass is 9.96. The van der Waals surface area contributed by atoms with Gasteiger partial charge in [-0.05, 0) is 61.4 Å². The van der Waals surface area contributed by atoms with Gasteiger partial charge in [-0.1, -0.05) is 30.3 Å². The fraction of sp³-hybridized carbons (Fsp3) is 0.400. The van der Waals surface area contributed by atoms with Crippen LogP contribution in [0.2, 0.25) is 0 Å². The van der Waals surface area contributed by atoms with Crippen LogP contribution in [0.3, 0.4) is 0 Å². The molecular weight excluding hydrogens is 391 g/mol. The number of aromatic nitrogens is 1. The zero-order valence-corrected chi connectivity index (χ0v) is 17.6. The molecule has 2 amide bonds. The molecule has 5 rings (SSSR count). The SMILES string of the molecule is O=C(NCCc1c[nH]c2cc(F)ccc12)NC1CC2CCC(C1)N2Cc1ccccc1. The van der Waals surface area contributed by atoms with Crippen molar-refractivity contribution in [2.24, 2.45) is 0 Å².